The van der Waals surface area contributed by atoms with Crippen LogP contribution in [0.5, 0.6) is 0 Å². The molecule has 0 aliphatic rings. The molecule has 0 aromatic carbocycles. The monoisotopic (exact) mass is 619 g/mol. The number of ether oxygens (including phenoxy) is 3. The van der Waals surface area contributed by atoms with Crippen LogP contribution in [-0.2, 0) is 38.2 Å². The molecule has 0 unspecified atom stereocenters. The molecule has 0 aromatic heterocycles. The molecule has 4 amide bonds. The lowest BCUT2D eigenvalue weighted by Crippen LogP contribution is -2.58. The summed E-state index contributed by atoms with van der Waals surface area (Å²) in [6.45, 7) is 2.50. The number of rotatable bonds is 29. The molecule has 0 atom stereocenters. The molecule has 0 aliphatic heterocycles. The molecule has 0 bridgehead atoms. The van der Waals surface area contributed by atoms with Crippen LogP contribution in [0.4, 0.5) is 0 Å². The van der Waals surface area contributed by atoms with Gasteiger partial charge >= 0.3 is 5.97 Å². The third-order valence-electron chi connectivity index (χ3n) is 5.86. The molecule has 11 N–H and O–H groups in total. The van der Waals surface area contributed by atoms with Crippen molar-refractivity contribution in [2.75, 3.05) is 78.9 Å². The van der Waals surface area contributed by atoms with E-state index in [0.717, 1.165) is 0 Å². The van der Waals surface area contributed by atoms with E-state index in [2.05, 4.69) is 21.3 Å². The lowest BCUT2D eigenvalue weighted by molar-refractivity contribution is -0.137. The fourth-order valence-electron chi connectivity index (χ4n) is 3.54. The van der Waals surface area contributed by atoms with Gasteiger partial charge in [-0.2, -0.15) is 0 Å². The van der Waals surface area contributed by atoms with Gasteiger partial charge in [-0.15, -0.1) is 0 Å². The van der Waals surface area contributed by atoms with Gasteiger partial charge < -0.3 is 57.8 Å². The third kappa shape index (κ3) is 24.3. The van der Waals surface area contributed by atoms with Gasteiger partial charge in [-0.1, -0.05) is 0 Å². The van der Waals surface area contributed by atoms with Gasteiger partial charge in [0.1, 0.15) is 5.54 Å². The number of amides is 4. The van der Waals surface area contributed by atoms with Gasteiger partial charge in [-0.05, 0) is 45.3 Å². The molecule has 0 heterocycles. The average Bonchev–Trinajstić information content (AvgIpc) is 2.96. The Morgan fingerprint density at radius 2 is 0.907 bits per heavy atom. The zero-order valence-electron chi connectivity index (χ0n) is 25.3. The summed E-state index contributed by atoms with van der Waals surface area (Å²) in [5.74, 6) is -2.12. The first-order valence-electron chi connectivity index (χ1n) is 14.8. The van der Waals surface area contributed by atoms with Gasteiger partial charge in [0.25, 0.3) is 0 Å². The number of nitrogens with one attached hydrogen (secondary N) is 4. The van der Waals surface area contributed by atoms with E-state index in [4.69, 9.17) is 36.5 Å². The van der Waals surface area contributed by atoms with Crippen LogP contribution in [0.1, 0.15) is 57.8 Å². The van der Waals surface area contributed by atoms with Crippen LogP contribution in [0.2, 0.25) is 0 Å². The van der Waals surface area contributed by atoms with Crippen molar-refractivity contribution in [3.8, 4) is 0 Å². The summed E-state index contributed by atoms with van der Waals surface area (Å²) in [7, 11) is 0. The van der Waals surface area contributed by atoms with Gasteiger partial charge in [0.2, 0.25) is 23.6 Å². The Bertz CT molecular complexity index is 729. The second kappa shape index (κ2) is 26.7. The van der Waals surface area contributed by atoms with Crippen molar-refractivity contribution < 1.29 is 43.3 Å². The van der Waals surface area contributed by atoms with Crippen molar-refractivity contribution in [2.24, 2.45) is 17.2 Å². The van der Waals surface area contributed by atoms with Crippen molar-refractivity contribution >= 4 is 29.6 Å². The van der Waals surface area contributed by atoms with Crippen molar-refractivity contribution in [1.29, 1.82) is 0 Å². The van der Waals surface area contributed by atoms with Gasteiger partial charge in [0.05, 0.1) is 39.6 Å². The Labute approximate surface area is 253 Å². The summed E-state index contributed by atoms with van der Waals surface area (Å²) in [5.41, 5.74) is 15.1. The standard InChI is InChI=1S/C27H53N7O9/c28-10-2-13-31-22(35)7-16-41-19-27(34-25(38)5-1-6-26(39)40,20-42-17-8-23(36)32-14-3-11-29)21-43-18-9-24(37)33-15-4-12-30/h1-21,28-30H2,(H,31,35)(H,32,36)(H,33,37)(H,34,38)(H,39,40). The fraction of sp³-hybridized carbons (Fsp3) is 0.815. The minimum Gasteiger partial charge on any atom is -0.481 e. The molecule has 16 nitrogen and oxygen atoms in total. The zero-order valence-corrected chi connectivity index (χ0v) is 25.3. The van der Waals surface area contributed by atoms with E-state index in [9.17, 15) is 24.0 Å². The Balaban J connectivity index is 5.35. The normalized spacial score (nSPS) is 11.1. The largest absolute Gasteiger partial charge is 0.481 e. The summed E-state index contributed by atoms with van der Waals surface area (Å²) in [5, 5.41) is 20.0. The van der Waals surface area contributed by atoms with Crippen LogP contribution >= 0.6 is 0 Å². The van der Waals surface area contributed by atoms with Crippen LogP contribution in [0.15, 0.2) is 0 Å². The highest BCUT2D eigenvalue weighted by Crippen LogP contribution is 2.12. The molecule has 0 radical (unpaired) electrons. The molecule has 0 saturated carbocycles. The Hall–Kier alpha value is -2.89. The first-order chi connectivity index (χ1) is 20.7. The summed E-state index contributed by atoms with van der Waals surface area (Å²) < 4.78 is 17.3. The maximum Gasteiger partial charge on any atom is 0.303 e. The third-order valence-corrected chi connectivity index (χ3v) is 5.86. The SMILES string of the molecule is NCCCNC(=O)CCOCC(COCCC(=O)NCCCN)(COCCC(=O)NCCCN)NC(=O)CCCC(=O)O. The Morgan fingerprint density at radius 3 is 1.23 bits per heavy atom. The molecule has 0 fully saturated rings. The summed E-state index contributed by atoms with van der Waals surface area (Å²) in [4.78, 5) is 59.8. The molecule has 0 saturated heterocycles. The topological polar surface area (TPSA) is 259 Å². The van der Waals surface area contributed by atoms with Gasteiger partial charge in [-0.3, -0.25) is 24.0 Å². The first kappa shape index (κ1) is 40.1. The maximum absolute atomic E-state index is 12.8. The van der Waals surface area contributed by atoms with Crippen molar-refractivity contribution in [3.63, 3.8) is 0 Å². The molecule has 0 rings (SSSR count). The molecule has 0 aromatic rings. The number of carbonyl (C=O) groups is 5. The molecule has 43 heavy (non-hydrogen) atoms. The van der Waals surface area contributed by atoms with Crippen LogP contribution in [0.25, 0.3) is 0 Å². The predicted octanol–water partition coefficient (Wildman–Crippen LogP) is -2.29. The fourth-order valence-corrected chi connectivity index (χ4v) is 3.54. The summed E-state index contributed by atoms with van der Waals surface area (Å²) >= 11 is 0. The average molecular weight is 620 g/mol. The Kier molecular flexibility index (Phi) is 24.9. The molecule has 250 valence electrons. The number of nitrogens with two attached hydrogens (primary N) is 3. The van der Waals surface area contributed by atoms with E-state index in [1.807, 2.05) is 0 Å². The van der Waals surface area contributed by atoms with Gasteiger partial charge in [-0.25, -0.2) is 0 Å². The number of carboxylic acids is 1. The number of carbonyl (C=O) groups excluding carboxylic acids is 4. The van der Waals surface area contributed by atoms with Gasteiger partial charge in [0.15, 0.2) is 0 Å². The lowest BCUT2D eigenvalue weighted by atomic mass is 10.0. The minimum absolute atomic E-state index is 0.0399. The smallest absolute Gasteiger partial charge is 0.303 e. The van der Waals surface area contributed by atoms with Crippen molar-refractivity contribution in [2.45, 2.75) is 63.3 Å². The summed E-state index contributed by atoms with van der Waals surface area (Å²) in [6.07, 6.45) is 2.03. The molecular formula is C27H53N7O9. The van der Waals surface area contributed by atoms with Crippen LogP contribution in [0.3, 0.4) is 0 Å². The first-order valence-corrected chi connectivity index (χ1v) is 14.8. The maximum atomic E-state index is 12.8. The highest BCUT2D eigenvalue weighted by Gasteiger charge is 2.34. The van der Waals surface area contributed by atoms with E-state index in [1.54, 1.807) is 0 Å². The van der Waals surface area contributed by atoms with Gasteiger partial charge in [0, 0.05) is 51.7 Å². The van der Waals surface area contributed by atoms with Crippen LogP contribution in [-0.4, -0.2) is 119 Å². The Morgan fingerprint density at radius 1 is 0.535 bits per heavy atom. The van der Waals surface area contributed by atoms with Crippen molar-refractivity contribution in [3.05, 3.63) is 0 Å². The predicted molar refractivity (Wildman–Crippen MR) is 159 cm³/mol. The van der Waals surface area contributed by atoms with Crippen LogP contribution < -0.4 is 38.5 Å². The van der Waals surface area contributed by atoms with E-state index in [-0.39, 0.29) is 95.9 Å². The van der Waals surface area contributed by atoms with E-state index < -0.39 is 17.4 Å². The molecular weight excluding hydrogens is 566 g/mol. The molecule has 16 heteroatoms. The zero-order chi connectivity index (χ0) is 32.2. The van der Waals surface area contributed by atoms with E-state index in [1.165, 1.54) is 0 Å². The van der Waals surface area contributed by atoms with Crippen molar-refractivity contribution in [1.82, 2.24) is 21.3 Å². The second-order valence-corrected chi connectivity index (χ2v) is 9.96. The second-order valence-electron chi connectivity index (χ2n) is 9.96. The number of aliphatic carboxylic acids is 1. The number of carboxylic acid groups (broad SMARTS) is 1. The van der Waals surface area contributed by atoms with Crippen LogP contribution in [0, 0.1) is 0 Å². The highest BCUT2D eigenvalue weighted by atomic mass is 16.5. The summed E-state index contributed by atoms with van der Waals surface area (Å²) in [6, 6.07) is 0. The molecule has 0 spiro atoms. The lowest BCUT2D eigenvalue weighted by Gasteiger charge is -2.34. The van der Waals surface area contributed by atoms with E-state index >= 15 is 0 Å². The number of hydrogen-bond donors (Lipinski definition) is 8. The quantitative estimate of drug-likeness (QED) is 0.0412. The van der Waals surface area contributed by atoms with E-state index in [0.29, 0.717) is 58.5 Å². The minimum atomic E-state index is -1.25. The molecule has 0 aliphatic carbocycles. The number of hydrogen-bond acceptors (Lipinski definition) is 11. The highest BCUT2D eigenvalue weighted by molar-refractivity contribution is 5.78.